The number of carbonyl (C=O) groups excluding carboxylic acids is 1. The van der Waals surface area contributed by atoms with Crippen LogP contribution in [0.4, 0.5) is 4.39 Å². The zero-order valence-corrected chi connectivity index (χ0v) is 14.6. The van der Waals surface area contributed by atoms with E-state index in [0.717, 1.165) is 12.1 Å². The quantitative estimate of drug-likeness (QED) is 0.542. The second-order valence-electron chi connectivity index (χ2n) is 4.13. The molecule has 0 heterocycles. The average Bonchev–Trinajstić information content (AvgIpc) is 2.39. The van der Waals surface area contributed by atoms with Crippen molar-refractivity contribution in [1.29, 1.82) is 0 Å². The Kier molecular flexibility index (Phi) is 6.58. The summed E-state index contributed by atoms with van der Waals surface area (Å²) in [4.78, 5) is 13.0. The number of amides is 1. The van der Waals surface area contributed by atoms with E-state index in [-0.39, 0.29) is 10.0 Å². The molecular weight excluding hydrogens is 389 g/mol. The number of benzene rings is 1. The van der Waals surface area contributed by atoms with E-state index in [9.17, 15) is 17.6 Å². The summed E-state index contributed by atoms with van der Waals surface area (Å²) in [7, 11) is 2.57. The maximum absolute atomic E-state index is 13.7. The molecule has 118 valence electrons. The molecule has 0 atom stereocenters. The molecule has 1 aromatic rings. The summed E-state index contributed by atoms with van der Waals surface area (Å²) in [5.41, 5.74) is -0.103. The van der Waals surface area contributed by atoms with Crippen molar-refractivity contribution in [3.8, 4) is 0 Å². The first-order chi connectivity index (χ1) is 9.68. The van der Waals surface area contributed by atoms with Crippen LogP contribution in [-0.2, 0) is 13.8 Å². The van der Waals surface area contributed by atoms with E-state index in [1.807, 2.05) is 6.92 Å². The summed E-state index contributed by atoms with van der Waals surface area (Å²) < 4.78 is 41.3. The lowest BCUT2D eigenvalue weighted by atomic mass is 10.2. The van der Waals surface area contributed by atoms with Crippen molar-refractivity contribution in [2.75, 3.05) is 26.8 Å². The van der Waals surface area contributed by atoms with Crippen LogP contribution in [0.1, 0.15) is 17.3 Å². The Morgan fingerprint density at radius 3 is 2.62 bits per heavy atom. The Hall–Kier alpha value is -0.700. The monoisotopic (exact) mass is 401 g/mol. The van der Waals surface area contributed by atoms with Gasteiger partial charge in [-0.2, -0.15) is 0 Å². The van der Waals surface area contributed by atoms with E-state index in [2.05, 4.69) is 15.9 Å². The average molecular weight is 403 g/mol. The zero-order valence-electron chi connectivity index (χ0n) is 11.4. The van der Waals surface area contributed by atoms with E-state index < -0.39 is 25.7 Å². The third kappa shape index (κ3) is 4.91. The Morgan fingerprint density at radius 1 is 1.48 bits per heavy atom. The van der Waals surface area contributed by atoms with E-state index in [4.69, 9.17) is 15.4 Å². The van der Waals surface area contributed by atoms with Gasteiger partial charge in [-0.3, -0.25) is 4.79 Å². The first kappa shape index (κ1) is 18.3. The van der Waals surface area contributed by atoms with Crippen molar-refractivity contribution in [3.05, 3.63) is 28.0 Å². The van der Waals surface area contributed by atoms with Crippen LogP contribution < -0.4 is 0 Å². The van der Waals surface area contributed by atoms with Crippen molar-refractivity contribution in [2.24, 2.45) is 0 Å². The highest BCUT2D eigenvalue weighted by molar-refractivity contribution is 9.10. The zero-order chi connectivity index (χ0) is 16.2. The van der Waals surface area contributed by atoms with Crippen molar-refractivity contribution in [3.63, 3.8) is 0 Å². The molecule has 21 heavy (non-hydrogen) atoms. The highest BCUT2D eigenvalue weighted by Crippen LogP contribution is 2.29. The summed E-state index contributed by atoms with van der Waals surface area (Å²) in [5, 5.41) is 0. The van der Waals surface area contributed by atoms with Crippen LogP contribution in [0.2, 0.25) is 0 Å². The number of ether oxygens (including phenoxy) is 1. The predicted molar refractivity (Wildman–Crippen MR) is 80.6 cm³/mol. The minimum Gasteiger partial charge on any atom is -0.380 e. The Bertz CT molecular complexity index is 638. The molecule has 0 unspecified atom stereocenters. The summed E-state index contributed by atoms with van der Waals surface area (Å²) in [6.45, 7) is 2.97. The summed E-state index contributed by atoms with van der Waals surface area (Å²) in [5.74, 6) is -1.40. The van der Waals surface area contributed by atoms with Crippen molar-refractivity contribution >= 4 is 41.6 Å². The predicted octanol–water partition coefficient (Wildman–Crippen LogP) is 2.62. The smallest absolute Gasteiger partial charge is 0.262 e. The van der Waals surface area contributed by atoms with Crippen LogP contribution in [0.25, 0.3) is 0 Å². The number of hydrogen-bond donors (Lipinski definition) is 0. The fourth-order valence-corrected chi connectivity index (χ4v) is 3.62. The molecule has 1 aromatic carbocycles. The van der Waals surface area contributed by atoms with Crippen molar-refractivity contribution in [1.82, 2.24) is 4.90 Å². The van der Waals surface area contributed by atoms with Crippen LogP contribution in [0.3, 0.4) is 0 Å². The summed E-state index contributed by atoms with van der Waals surface area (Å²) >= 11 is 2.80. The number of likely N-dealkylation sites (N-methyl/N-ethyl adjacent to an activating group) is 1. The number of carbonyl (C=O) groups is 1. The van der Waals surface area contributed by atoms with Crippen LogP contribution in [-0.4, -0.2) is 46.0 Å². The highest BCUT2D eigenvalue weighted by atomic mass is 79.9. The van der Waals surface area contributed by atoms with Gasteiger partial charge in [0.15, 0.2) is 0 Å². The minimum atomic E-state index is -4.17. The van der Waals surface area contributed by atoms with Gasteiger partial charge in [-0.25, -0.2) is 12.8 Å². The molecule has 0 aliphatic carbocycles. The lowest BCUT2D eigenvalue weighted by Gasteiger charge is -2.17. The van der Waals surface area contributed by atoms with Crippen LogP contribution >= 0.6 is 26.6 Å². The molecule has 0 spiro atoms. The molecule has 1 amide bonds. The Balaban J connectivity index is 3.09. The van der Waals surface area contributed by atoms with Crippen LogP contribution in [0, 0.1) is 5.82 Å². The second-order valence-corrected chi connectivity index (χ2v) is 7.46. The number of nitrogens with zero attached hydrogens (tertiary/aromatic N) is 1. The van der Waals surface area contributed by atoms with Gasteiger partial charge in [0.25, 0.3) is 15.0 Å². The first-order valence-corrected chi connectivity index (χ1v) is 9.05. The molecule has 0 saturated carbocycles. The van der Waals surface area contributed by atoms with Crippen LogP contribution in [0.5, 0.6) is 0 Å². The molecule has 1 rings (SSSR count). The molecule has 0 aliphatic heterocycles. The van der Waals surface area contributed by atoms with Gasteiger partial charge in [0.1, 0.15) is 10.7 Å². The molecule has 0 saturated heterocycles. The Labute approximate surface area is 135 Å². The molecule has 0 fully saturated rings. The molecule has 0 aliphatic rings. The molecule has 0 N–H and O–H groups in total. The van der Waals surface area contributed by atoms with Gasteiger partial charge in [-0.15, -0.1) is 0 Å². The molecule has 5 nitrogen and oxygen atoms in total. The largest absolute Gasteiger partial charge is 0.380 e. The van der Waals surface area contributed by atoms with Gasteiger partial charge in [0.2, 0.25) is 0 Å². The maximum atomic E-state index is 13.7. The number of hydrogen-bond acceptors (Lipinski definition) is 4. The minimum absolute atomic E-state index is 0.103. The summed E-state index contributed by atoms with van der Waals surface area (Å²) in [6.07, 6.45) is 0. The van der Waals surface area contributed by atoms with Gasteiger partial charge in [0.05, 0.1) is 11.1 Å². The molecule has 0 bridgehead atoms. The fraction of sp³-hybridized carbons (Fsp3) is 0.417. The van der Waals surface area contributed by atoms with Crippen molar-refractivity contribution < 1.29 is 22.3 Å². The molecule has 0 aromatic heterocycles. The van der Waals surface area contributed by atoms with Gasteiger partial charge < -0.3 is 9.64 Å². The summed E-state index contributed by atoms with van der Waals surface area (Å²) in [6, 6.07) is 1.99. The normalized spacial score (nSPS) is 11.5. The van der Waals surface area contributed by atoms with Crippen LogP contribution in [0.15, 0.2) is 21.5 Å². The topological polar surface area (TPSA) is 63.7 Å². The molecule has 0 radical (unpaired) electrons. The number of rotatable bonds is 6. The molecule has 9 heteroatoms. The standard InChI is InChI=1S/C12H14BrClFNO4S/c1-3-20-5-4-16(2)12(17)8-6-9(15)11(13)10(7-8)21(14,18)19/h6-7H,3-5H2,1-2H3. The van der Waals surface area contributed by atoms with E-state index in [1.165, 1.54) is 11.9 Å². The third-order valence-corrected chi connectivity index (χ3v) is 5.04. The van der Waals surface area contributed by atoms with E-state index in [1.54, 1.807) is 0 Å². The SMILES string of the molecule is CCOCCN(C)C(=O)c1cc(F)c(Br)c(S(=O)(=O)Cl)c1. The van der Waals surface area contributed by atoms with Gasteiger partial charge in [0, 0.05) is 36.4 Å². The lowest BCUT2D eigenvalue weighted by molar-refractivity contribution is 0.0709. The third-order valence-electron chi connectivity index (χ3n) is 2.63. The van der Waals surface area contributed by atoms with Gasteiger partial charge >= 0.3 is 0 Å². The van der Waals surface area contributed by atoms with Gasteiger partial charge in [-0.1, -0.05) is 0 Å². The van der Waals surface area contributed by atoms with E-state index >= 15 is 0 Å². The number of halogens is 3. The lowest BCUT2D eigenvalue weighted by Crippen LogP contribution is -2.30. The van der Waals surface area contributed by atoms with Crippen molar-refractivity contribution in [2.45, 2.75) is 11.8 Å². The van der Waals surface area contributed by atoms with Gasteiger partial charge in [-0.05, 0) is 35.0 Å². The molecular formula is C12H14BrClFNO4S. The fourth-order valence-electron chi connectivity index (χ4n) is 1.53. The maximum Gasteiger partial charge on any atom is 0.262 e. The second kappa shape index (κ2) is 7.53. The highest BCUT2D eigenvalue weighted by Gasteiger charge is 2.22. The Morgan fingerprint density at radius 2 is 2.10 bits per heavy atom. The van der Waals surface area contributed by atoms with E-state index in [0.29, 0.717) is 19.8 Å². The first-order valence-electron chi connectivity index (χ1n) is 5.95.